The molecule has 0 radical (unpaired) electrons. The Balaban J connectivity index is 1.61. The molecule has 4 rings (SSSR count). The third kappa shape index (κ3) is 6.71. The van der Waals surface area contributed by atoms with Gasteiger partial charge in [-0.3, -0.25) is 9.10 Å². The largest absolute Gasteiger partial charge is 0.273 e. The van der Waals surface area contributed by atoms with Crippen molar-refractivity contribution in [2.75, 3.05) is 4.31 Å². The van der Waals surface area contributed by atoms with Gasteiger partial charge in [-0.2, -0.15) is 5.10 Å². The zero-order valence-electron chi connectivity index (χ0n) is 20.6. The molecule has 0 saturated carbocycles. The number of benzene rings is 4. The molecule has 188 valence electrons. The first-order chi connectivity index (χ1) is 17.9. The fraction of sp³-hybridized carbons (Fsp3) is 0.133. The second-order valence-corrected chi connectivity index (χ2v) is 10.5. The van der Waals surface area contributed by atoms with E-state index < -0.39 is 15.9 Å². The van der Waals surface area contributed by atoms with Crippen LogP contribution in [0.2, 0.25) is 0 Å². The van der Waals surface area contributed by atoms with Crippen molar-refractivity contribution in [3.63, 3.8) is 0 Å². The SMILES string of the molecule is C/C(CCc1ccccc1)=N\NC(=O)c1ccccc1N(Cc1ccccc1)S(=O)(=O)c1ccccc1. The van der Waals surface area contributed by atoms with Gasteiger partial charge in [-0.1, -0.05) is 91.0 Å². The number of anilines is 1. The molecule has 1 amide bonds. The Morgan fingerprint density at radius 2 is 1.30 bits per heavy atom. The predicted octanol–water partition coefficient (Wildman–Crippen LogP) is 5.82. The summed E-state index contributed by atoms with van der Waals surface area (Å²) in [6, 6.07) is 34.3. The summed E-state index contributed by atoms with van der Waals surface area (Å²) in [5, 5.41) is 4.27. The molecule has 0 aliphatic carbocycles. The predicted molar refractivity (Wildman–Crippen MR) is 148 cm³/mol. The average molecular weight is 512 g/mol. The number of amides is 1. The molecule has 0 saturated heterocycles. The third-order valence-corrected chi connectivity index (χ3v) is 7.66. The maximum Gasteiger partial charge on any atom is 0.273 e. The smallest absolute Gasteiger partial charge is 0.267 e. The number of rotatable bonds is 10. The van der Waals surface area contributed by atoms with E-state index in [0.29, 0.717) is 6.42 Å². The van der Waals surface area contributed by atoms with Crippen molar-refractivity contribution in [2.24, 2.45) is 5.10 Å². The van der Waals surface area contributed by atoms with E-state index in [4.69, 9.17) is 0 Å². The number of nitrogens with zero attached hydrogens (tertiary/aromatic N) is 2. The van der Waals surface area contributed by atoms with Gasteiger partial charge in [-0.25, -0.2) is 13.8 Å². The fourth-order valence-electron chi connectivity index (χ4n) is 3.88. The highest BCUT2D eigenvalue weighted by atomic mass is 32.2. The van der Waals surface area contributed by atoms with Gasteiger partial charge < -0.3 is 0 Å². The molecule has 0 fully saturated rings. The lowest BCUT2D eigenvalue weighted by atomic mass is 10.1. The fourth-order valence-corrected chi connectivity index (χ4v) is 5.38. The lowest BCUT2D eigenvalue weighted by Crippen LogP contribution is -2.33. The van der Waals surface area contributed by atoms with Crippen LogP contribution in [0.25, 0.3) is 0 Å². The van der Waals surface area contributed by atoms with Gasteiger partial charge in [-0.05, 0) is 55.2 Å². The van der Waals surface area contributed by atoms with E-state index in [9.17, 15) is 13.2 Å². The van der Waals surface area contributed by atoms with Crippen LogP contribution >= 0.6 is 0 Å². The van der Waals surface area contributed by atoms with Crippen LogP contribution in [0.5, 0.6) is 0 Å². The first kappa shape index (κ1) is 25.9. The number of para-hydroxylation sites is 1. The summed E-state index contributed by atoms with van der Waals surface area (Å²) >= 11 is 0. The maximum absolute atomic E-state index is 13.8. The summed E-state index contributed by atoms with van der Waals surface area (Å²) in [5.41, 5.74) is 5.88. The second-order valence-electron chi connectivity index (χ2n) is 8.60. The Bertz CT molecular complexity index is 1460. The number of sulfonamides is 1. The van der Waals surface area contributed by atoms with Crippen LogP contribution in [-0.2, 0) is 23.0 Å². The normalized spacial score (nSPS) is 11.6. The Hall–Kier alpha value is -4.23. The molecule has 0 spiro atoms. The van der Waals surface area contributed by atoms with E-state index in [1.165, 1.54) is 9.87 Å². The molecule has 0 aromatic heterocycles. The number of hydrogen-bond donors (Lipinski definition) is 1. The van der Waals surface area contributed by atoms with Gasteiger partial charge in [-0.15, -0.1) is 0 Å². The molecule has 1 N–H and O–H groups in total. The van der Waals surface area contributed by atoms with Gasteiger partial charge in [0.2, 0.25) is 0 Å². The first-order valence-corrected chi connectivity index (χ1v) is 13.5. The lowest BCUT2D eigenvalue weighted by Gasteiger charge is -2.26. The number of carbonyl (C=O) groups excluding carboxylic acids is 1. The van der Waals surface area contributed by atoms with Gasteiger partial charge in [0.05, 0.1) is 22.7 Å². The number of aryl methyl sites for hydroxylation is 1. The zero-order chi connectivity index (χ0) is 26.1. The molecule has 0 bridgehead atoms. The average Bonchev–Trinajstić information content (AvgIpc) is 2.95. The van der Waals surface area contributed by atoms with Gasteiger partial charge in [0.25, 0.3) is 15.9 Å². The van der Waals surface area contributed by atoms with Crippen LogP contribution in [0.1, 0.15) is 34.8 Å². The minimum atomic E-state index is -3.96. The van der Waals surface area contributed by atoms with E-state index in [2.05, 4.69) is 22.7 Å². The number of nitrogens with one attached hydrogen (secondary N) is 1. The maximum atomic E-state index is 13.8. The molecule has 0 unspecified atom stereocenters. The Labute approximate surface area is 218 Å². The van der Waals surface area contributed by atoms with Gasteiger partial charge in [0.15, 0.2) is 0 Å². The molecule has 0 heterocycles. The molecule has 0 atom stereocenters. The number of carbonyl (C=O) groups is 1. The van der Waals surface area contributed by atoms with Crippen molar-refractivity contribution < 1.29 is 13.2 Å². The first-order valence-electron chi connectivity index (χ1n) is 12.0. The standard InChI is InChI=1S/C30H29N3O3S/c1-24(21-22-25-13-5-2-6-14-25)31-32-30(34)28-19-11-12-20-29(28)33(23-26-15-7-3-8-16-26)37(35,36)27-17-9-4-10-18-27/h2-20H,21-23H2,1H3,(H,32,34)/b31-24+. The third-order valence-electron chi connectivity index (χ3n) is 5.88. The minimum Gasteiger partial charge on any atom is -0.267 e. The molecule has 4 aromatic carbocycles. The van der Waals surface area contributed by atoms with E-state index >= 15 is 0 Å². The van der Waals surface area contributed by atoms with Crippen molar-refractivity contribution in [3.05, 3.63) is 132 Å². The monoisotopic (exact) mass is 511 g/mol. The molecular weight excluding hydrogens is 482 g/mol. The summed E-state index contributed by atoms with van der Waals surface area (Å²) in [5.74, 6) is -0.476. The highest BCUT2D eigenvalue weighted by molar-refractivity contribution is 7.92. The molecule has 7 heteroatoms. The molecule has 6 nitrogen and oxygen atoms in total. The van der Waals surface area contributed by atoms with Crippen LogP contribution in [0.4, 0.5) is 5.69 Å². The van der Waals surface area contributed by atoms with E-state index in [1.807, 2.05) is 55.5 Å². The Kier molecular flexibility index (Phi) is 8.48. The summed E-state index contributed by atoms with van der Waals surface area (Å²) in [7, 11) is -3.96. The quantitative estimate of drug-likeness (QED) is 0.215. The topological polar surface area (TPSA) is 78.8 Å². The number of hydrazone groups is 1. The summed E-state index contributed by atoms with van der Waals surface area (Å²) in [6.07, 6.45) is 1.50. The highest BCUT2D eigenvalue weighted by Crippen LogP contribution is 2.29. The Morgan fingerprint density at radius 3 is 1.95 bits per heavy atom. The molecule has 37 heavy (non-hydrogen) atoms. The van der Waals surface area contributed by atoms with Crippen molar-refractivity contribution in [1.29, 1.82) is 0 Å². The van der Waals surface area contributed by atoms with Crippen LogP contribution < -0.4 is 9.73 Å². The summed E-state index contributed by atoms with van der Waals surface area (Å²) in [6.45, 7) is 1.93. The van der Waals surface area contributed by atoms with Gasteiger partial charge in [0.1, 0.15) is 0 Å². The van der Waals surface area contributed by atoms with Crippen molar-refractivity contribution in [3.8, 4) is 0 Å². The second kappa shape index (κ2) is 12.1. The summed E-state index contributed by atoms with van der Waals surface area (Å²) in [4.78, 5) is 13.4. The minimum absolute atomic E-state index is 0.0712. The zero-order valence-corrected chi connectivity index (χ0v) is 21.4. The highest BCUT2D eigenvalue weighted by Gasteiger charge is 2.28. The van der Waals surface area contributed by atoms with E-state index in [0.717, 1.165) is 17.7 Å². The van der Waals surface area contributed by atoms with E-state index in [1.54, 1.807) is 54.6 Å². The van der Waals surface area contributed by atoms with Gasteiger partial charge in [0, 0.05) is 5.71 Å². The van der Waals surface area contributed by atoms with Crippen LogP contribution in [-0.4, -0.2) is 20.0 Å². The van der Waals surface area contributed by atoms with Crippen LogP contribution in [0.15, 0.2) is 125 Å². The van der Waals surface area contributed by atoms with Gasteiger partial charge >= 0.3 is 0 Å². The van der Waals surface area contributed by atoms with Crippen LogP contribution in [0, 0.1) is 0 Å². The molecule has 4 aromatic rings. The van der Waals surface area contributed by atoms with Crippen molar-refractivity contribution >= 4 is 27.3 Å². The van der Waals surface area contributed by atoms with Crippen molar-refractivity contribution in [2.45, 2.75) is 31.2 Å². The van der Waals surface area contributed by atoms with Crippen molar-refractivity contribution in [1.82, 2.24) is 5.43 Å². The summed E-state index contributed by atoms with van der Waals surface area (Å²) < 4.78 is 28.8. The Morgan fingerprint density at radius 1 is 0.757 bits per heavy atom. The van der Waals surface area contributed by atoms with Crippen LogP contribution in [0.3, 0.4) is 0 Å². The number of hydrogen-bond acceptors (Lipinski definition) is 4. The lowest BCUT2D eigenvalue weighted by molar-refractivity contribution is 0.0955. The molecular formula is C30H29N3O3S. The van der Waals surface area contributed by atoms with E-state index in [-0.39, 0.29) is 22.7 Å². The molecule has 0 aliphatic rings. The molecule has 0 aliphatic heterocycles.